The smallest absolute Gasteiger partial charge is 0.381 e. The van der Waals surface area contributed by atoms with Crippen molar-refractivity contribution in [2.45, 2.75) is 38.4 Å². The predicted octanol–water partition coefficient (Wildman–Crippen LogP) is 6.50. The van der Waals surface area contributed by atoms with E-state index in [2.05, 4.69) is 10.3 Å². The number of hydrogen-bond acceptors (Lipinski definition) is 6. The van der Waals surface area contributed by atoms with E-state index in [1.165, 1.54) is 19.1 Å². The molecule has 1 saturated heterocycles. The lowest BCUT2D eigenvalue weighted by Gasteiger charge is -2.22. The first-order valence-electron chi connectivity index (χ1n) is 13.7. The number of pyridine rings is 1. The highest BCUT2D eigenvalue weighted by molar-refractivity contribution is 5.84. The number of halogens is 3. The molecular formula is C32H28F3N5O2. The molecule has 2 aliphatic heterocycles. The Hall–Kier alpha value is -4.57. The molecule has 1 fully saturated rings. The van der Waals surface area contributed by atoms with Crippen molar-refractivity contribution >= 4 is 28.2 Å². The Labute approximate surface area is 240 Å². The van der Waals surface area contributed by atoms with E-state index in [1.807, 2.05) is 53.1 Å². The number of alkyl halides is 3. The van der Waals surface area contributed by atoms with Crippen LogP contribution in [-0.4, -0.2) is 39.6 Å². The van der Waals surface area contributed by atoms with Crippen LogP contribution in [0.1, 0.15) is 31.0 Å². The van der Waals surface area contributed by atoms with Crippen LogP contribution >= 0.6 is 0 Å². The number of aromatic nitrogens is 3. The van der Waals surface area contributed by atoms with E-state index in [0.29, 0.717) is 46.9 Å². The number of ketones is 1. The van der Waals surface area contributed by atoms with Crippen LogP contribution in [0, 0.1) is 0 Å². The number of nitrogens with zero attached hydrogens (tertiary/aromatic N) is 4. The number of benzene rings is 3. The van der Waals surface area contributed by atoms with Crippen molar-refractivity contribution in [3.8, 4) is 17.1 Å². The lowest BCUT2D eigenvalue weighted by atomic mass is 10.1. The van der Waals surface area contributed by atoms with Crippen LogP contribution in [0.2, 0.25) is 0 Å². The van der Waals surface area contributed by atoms with E-state index in [4.69, 9.17) is 14.7 Å². The number of Topliss-reactive ketones (excluding diaryl/α,β-unsaturated/α-hetero) is 1. The Bertz CT molecular complexity index is 1770. The first-order valence-corrected chi connectivity index (χ1v) is 13.7. The molecule has 6 rings (SSSR count). The lowest BCUT2D eigenvalue weighted by Crippen LogP contribution is -2.23. The van der Waals surface area contributed by atoms with E-state index < -0.39 is 11.7 Å². The fraction of sp³-hybridized carbons (Fsp3) is 0.250. The molecule has 0 atom stereocenters. The van der Waals surface area contributed by atoms with Crippen molar-refractivity contribution in [2.75, 3.05) is 18.5 Å². The predicted molar refractivity (Wildman–Crippen MR) is 154 cm³/mol. The van der Waals surface area contributed by atoms with Crippen LogP contribution in [0.5, 0.6) is 0 Å². The van der Waals surface area contributed by atoms with E-state index in [1.54, 1.807) is 6.20 Å². The highest BCUT2D eigenvalue weighted by atomic mass is 19.4. The van der Waals surface area contributed by atoms with E-state index >= 15 is 0 Å². The second kappa shape index (κ2) is 11.4. The topological polar surface area (TPSA) is 81.4 Å². The first-order chi connectivity index (χ1) is 20.2. The second-order valence-electron chi connectivity index (χ2n) is 10.4. The number of nitrogens with one attached hydrogen (secondary N) is 1. The van der Waals surface area contributed by atoms with E-state index in [9.17, 15) is 18.0 Å². The lowest BCUT2D eigenvalue weighted by molar-refractivity contribution is -0.137. The molecule has 0 amide bonds. The number of para-hydroxylation sites is 2. The van der Waals surface area contributed by atoms with Gasteiger partial charge in [-0.05, 0) is 80.4 Å². The van der Waals surface area contributed by atoms with Gasteiger partial charge in [0.15, 0.2) is 0 Å². The number of carbonyl (C=O) groups is 1. The van der Waals surface area contributed by atoms with Gasteiger partial charge in [0.25, 0.3) is 0 Å². The van der Waals surface area contributed by atoms with Crippen LogP contribution in [0.25, 0.3) is 28.1 Å². The summed E-state index contributed by atoms with van der Waals surface area (Å²) in [7, 11) is 0. The average Bonchev–Trinajstić information content (AvgIpc) is 2.97. The van der Waals surface area contributed by atoms with Gasteiger partial charge >= 0.3 is 6.18 Å². The zero-order valence-electron chi connectivity index (χ0n) is 22.9. The second-order valence-corrected chi connectivity index (χ2v) is 10.4. The molecule has 0 spiro atoms. The number of fused-ring (bicyclic) bond motifs is 2. The molecule has 2 aromatic carbocycles. The summed E-state index contributed by atoms with van der Waals surface area (Å²) in [5.74, 6) is 0.0370. The summed E-state index contributed by atoms with van der Waals surface area (Å²) in [6.45, 7) is 2.79. The van der Waals surface area contributed by atoms with Gasteiger partial charge in [-0.2, -0.15) is 13.2 Å². The maximum atomic E-state index is 13.3. The molecule has 0 radical (unpaired) electrons. The number of anilines is 2. The molecule has 0 unspecified atom stereocenters. The minimum Gasteiger partial charge on any atom is -0.381 e. The van der Waals surface area contributed by atoms with Crippen LogP contribution in [-0.2, 0) is 22.1 Å². The molecule has 0 saturated carbocycles. The van der Waals surface area contributed by atoms with E-state index in [-0.39, 0.29) is 18.2 Å². The normalized spacial score (nSPS) is 14.9. The Morgan fingerprint density at radius 2 is 1.81 bits per heavy atom. The minimum absolute atomic E-state index is 0.0370. The highest BCUT2D eigenvalue weighted by Gasteiger charge is 2.30. The third-order valence-corrected chi connectivity index (χ3v) is 7.20. The molecule has 3 heterocycles. The van der Waals surface area contributed by atoms with Crippen LogP contribution in [0.15, 0.2) is 84.0 Å². The Balaban J connectivity index is 1.53. The zero-order chi connectivity index (χ0) is 29.3. The molecule has 3 aromatic rings. The Morgan fingerprint density at radius 3 is 2.50 bits per heavy atom. The van der Waals surface area contributed by atoms with Gasteiger partial charge in [-0.3, -0.25) is 14.8 Å². The van der Waals surface area contributed by atoms with Gasteiger partial charge in [-0.1, -0.05) is 12.1 Å². The summed E-state index contributed by atoms with van der Waals surface area (Å²) in [6.07, 6.45) is -0.916. The molecule has 0 bridgehead atoms. The fourth-order valence-corrected chi connectivity index (χ4v) is 5.15. The van der Waals surface area contributed by atoms with Crippen molar-refractivity contribution < 1.29 is 22.7 Å². The summed E-state index contributed by atoms with van der Waals surface area (Å²) in [4.78, 5) is 25.9. The molecule has 1 aliphatic carbocycles. The minimum atomic E-state index is -4.43. The third-order valence-electron chi connectivity index (χ3n) is 7.20. The number of ether oxygens (including phenoxy) is 1. The van der Waals surface area contributed by atoms with Crippen molar-refractivity contribution in [1.29, 1.82) is 0 Å². The van der Waals surface area contributed by atoms with Gasteiger partial charge in [0, 0.05) is 31.0 Å². The largest absolute Gasteiger partial charge is 0.416 e. The molecule has 1 aromatic heterocycles. The quantitative estimate of drug-likeness (QED) is 0.236. The van der Waals surface area contributed by atoms with Crippen molar-refractivity contribution in [1.82, 2.24) is 14.5 Å². The number of hydrogen-bond donors (Lipinski definition) is 1. The van der Waals surface area contributed by atoms with Gasteiger partial charge in [0.1, 0.15) is 5.78 Å². The Morgan fingerprint density at radius 1 is 1.05 bits per heavy atom. The van der Waals surface area contributed by atoms with Crippen LogP contribution in [0.3, 0.4) is 0 Å². The average molecular weight is 572 g/mol. The standard InChI is InChI=1S/C32H28F3N5O2/c1-20(41)16-23-8-9-24(19-36-23)38-27-17-29-31(18-28(27)37-22-12-14-42-15-13-22)40(30-5-3-2-4-26(30)39-29)25-10-6-21(7-11-25)32(33,34)35/h2-11,17-19,22,38H,12-16H2,1H3. The first kappa shape index (κ1) is 27.6. The molecule has 42 heavy (non-hydrogen) atoms. The van der Waals surface area contributed by atoms with Gasteiger partial charge in [-0.25, -0.2) is 4.98 Å². The van der Waals surface area contributed by atoms with Gasteiger partial charge < -0.3 is 14.6 Å². The maximum Gasteiger partial charge on any atom is 0.416 e. The van der Waals surface area contributed by atoms with Gasteiger partial charge in [0.05, 0.1) is 57.0 Å². The van der Waals surface area contributed by atoms with Gasteiger partial charge in [-0.15, -0.1) is 0 Å². The SMILES string of the molecule is CC(=O)Cc1ccc(Nc2cc3nc4ccccc4n(-c4ccc(C(F)(F)F)cc4)c-3cc2=NC2CCOCC2)cn1. The summed E-state index contributed by atoms with van der Waals surface area (Å²) in [6, 6.07) is 20.2. The Kier molecular flexibility index (Phi) is 7.47. The molecule has 3 aliphatic rings. The third kappa shape index (κ3) is 5.89. The molecule has 214 valence electrons. The zero-order valence-corrected chi connectivity index (χ0v) is 22.9. The van der Waals surface area contributed by atoms with Gasteiger partial charge in [0.2, 0.25) is 0 Å². The van der Waals surface area contributed by atoms with Crippen molar-refractivity contribution in [3.63, 3.8) is 0 Å². The monoisotopic (exact) mass is 571 g/mol. The number of rotatable bonds is 6. The maximum absolute atomic E-state index is 13.3. The molecule has 7 nitrogen and oxygen atoms in total. The fourth-order valence-electron chi connectivity index (χ4n) is 5.15. The van der Waals surface area contributed by atoms with Crippen LogP contribution < -0.4 is 10.7 Å². The van der Waals surface area contributed by atoms with Crippen LogP contribution in [0.4, 0.5) is 24.5 Å². The molecular weight excluding hydrogens is 543 g/mol. The summed E-state index contributed by atoms with van der Waals surface area (Å²) in [5.41, 5.74) is 4.80. The summed E-state index contributed by atoms with van der Waals surface area (Å²) >= 11 is 0. The van der Waals surface area contributed by atoms with Crippen molar-refractivity contribution in [3.05, 3.63) is 95.6 Å². The highest BCUT2D eigenvalue weighted by Crippen LogP contribution is 2.33. The van der Waals surface area contributed by atoms with Crippen molar-refractivity contribution in [2.24, 2.45) is 4.99 Å². The molecule has 1 N–H and O–H groups in total. The number of carbonyl (C=O) groups excluding carboxylic acids is 1. The molecule has 10 heteroatoms. The summed E-state index contributed by atoms with van der Waals surface area (Å²) < 4.78 is 47.5. The van der Waals surface area contributed by atoms with E-state index in [0.717, 1.165) is 41.9 Å². The summed E-state index contributed by atoms with van der Waals surface area (Å²) in [5, 5.41) is 4.11.